The monoisotopic (exact) mass is 450 g/mol. The summed E-state index contributed by atoms with van der Waals surface area (Å²) in [4.78, 5) is 43.7. The molecular weight excluding hydrogens is 416 g/mol. The van der Waals surface area contributed by atoms with Crippen LogP contribution in [0.1, 0.15) is 40.0 Å². The van der Waals surface area contributed by atoms with Crippen LogP contribution in [0.25, 0.3) is 0 Å². The van der Waals surface area contributed by atoms with Gasteiger partial charge in [0, 0.05) is 23.9 Å². The Bertz CT molecular complexity index is 771. The second kappa shape index (κ2) is 8.98. The number of amides is 2. The van der Waals surface area contributed by atoms with Crippen molar-refractivity contribution in [3.05, 3.63) is 25.3 Å². The third-order valence-electron chi connectivity index (χ3n) is 6.90. The largest absolute Gasteiger partial charge is 0.465 e. The number of thioether (sulfide) groups is 1. The maximum absolute atomic E-state index is 13.8. The number of carbonyl (C=O) groups is 3. The standard InChI is InChI=1S/C23H34N2O5S/c1-6-8-14-30-21(29)17-16-19(27)25(12-13-26)18(20(28)24(11-7-2)15(3)4)23(16)10-9-22(17,5)31-23/h6-7,15-18,26H,1-2,8-14H2,3-5H3/t16-,17+,18?,22-,23?/m0/s1. The normalized spacial score (nSPS) is 33.5. The van der Waals surface area contributed by atoms with E-state index < -0.39 is 27.4 Å². The van der Waals surface area contributed by atoms with E-state index in [1.165, 1.54) is 4.90 Å². The summed E-state index contributed by atoms with van der Waals surface area (Å²) in [6, 6.07) is -0.775. The van der Waals surface area contributed by atoms with Crippen LogP contribution in [0.4, 0.5) is 0 Å². The summed E-state index contributed by atoms with van der Waals surface area (Å²) in [5.74, 6) is -1.96. The molecule has 0 aromatic carbocycles. The van der Waals surface area contributed by atoms with Gasteiger partial charge in [-0.15, -0.1) is 24.9 Å². The smallest absolute Gasteiger partial charge is 0.311 e. The molecule has 7 nitrogen and oxygen atoms in total. The van der Waals surface area contributed by atoms with Crippen molar-refractivity contribution in [2.45, 2.75) is 61.6 Å². The fourth-order valence-corrected chi connectivity index (χ4v) is 7.93. The van der Waals surface area contributed by atoms with Gasteiger partial charge in [0.25, 0.3) is 0 Å². The molecule has 0 aromatic heterocycles. The Morgan fingerprint density at radius 1 is 1.35 bits per heavy atom. The van der Waals surface area contributed by atoms with Crippen molar-refractivity contribution in [2.75, 3.05) is 26.3 Å². The Morgan fingerprint density at radius 3 is 2.65 bits per heavy atom. The van der Waals surface area contributed by atoms with Crippen LogP contribution in [0.3, 0.4) is 0 Å². The highest BCUT2D eigenvalue weighted by atomic mass is 32.2. The molecule has 0 radical (unpaired) electrons. The zero-order valence-corrected chi connectivity index (χ0v) is 19.5. The van der Waals surface area contributed by atoms with E-state index in [-0.39, 0.29) is 43.6 Å². The van der Waals surface area contributed by atoms with Crippen molar-refractivity contribution in [1.29, 1.82) is 0 Å². The Hall–Kier alpha value is -1.80. The average molecular weight is 451 g/mol. The highest BCUT2D eigenvalue weighted by molar-refractivity contribution is 8.02. The highest BCUT2D eigenvalue weighted by Gasteiger charge is 2.77. The lowest BCUT2D eigenvalue weighted by atomic mass is 9.66. The lowest BCUT2D eigenvalue weighted by Gasteiger charge is -2.38. The first kappa shape index (κ1) is 23.9. The van der Waals surface area contributed by atoms with Crippen LogP contribution in [0.15, 0.2) is 25.3 Å². The van der Waals surface area contributed by atoms with E-state index in [1.54, 1.807) is 28.8 Å². The number of rotatable bonds is 10. The average Bonchev–Trinajstić information content (AvgIpc) is 3.27. The Balaban J connectivity index is 2.01. The zero-order valence-electron chi connectivity index (χ0n) is 18.7. The summed E-state index contributed by atoms with van der Waals surface area (Å²) < 4.78 is 4.37. The molecule has 2 bridgehead atoms. The third kappa shape index (κ3) is 3.71. The van der Waals surface area contributed by atoms with Gasteiger partial charge in [0.2, 0.25) is 11.8 Å². The molecule has 1 spiro atoms. The minimum absolute atomic E-state index is 0.0640. The molecule has 3 aliphatic rings. The van der Waals surface area contributed by atoms with E-state index in [4.69, 9.17) is 4.74 Å². The summed E-state index contributed by atoms with van der Waals surface area (Å²) in [6.45, 7) is 13.7. The van der Waals surface area contributed by atoms with Gasteiger partial charge in [-0.2, -0.15) is 0 Å². The number of nitrogens with zero attached hydrogens (tertiary/aromatic N) is 2. The molecule has 3 aliphatic heterocycles. The first-order valence-electron chi connectivity index (χ1n) is 11.0. The van der Waals surface area contributed by atoms with Gasteiger partial charge < -0.3 is 19.6 Å². The van der Waals surface area contributed by atoms with E-state index in [0.29, 0.717) is 19.4 Å². The van der Waals surface area contributed by atoms with Crippen LogP contribution in [-0.4, -0.2) is 80.6 Å². The minimum atomic E-state index is -0.711. The number of aliphatic hydroxyl groups excluding tert-OH is 1. The first-order valence-corrected chi connectivity index (χ1v) is 11.8. The van der Waals surface area contributed by atoms with E-state index in [2.05, 4.69) is 13.2 Å². The highest BCUT2D eigenvalue weighted by Crippen LogP contribution is 2.71. The summed E-state index contributed by atoms with van der Waals surface area (Å²) in [6.07, 6.45) is 5.34. The molecule has 3 saturated heterocycles. The predicted molar refractivity (Wildman–Crippen MR) is 120 cm³/mol. The molecule has 0 aromatic rings. The minimum Gasteiger partial charge on any atom is -0.465 e. The number of β-amino-alcohol motifs (C(OH)–C–C–N with tert-alkyl or cyclic N) is 1. The van der Waals surface area contributed by atoms with Crippen molar-refractivity contribution < 1.29 is 24.2 Å². The second-order valence-corrected chi connectivity index (χ2v) is 11.0. The molecule has 5 atom stereocenters. The quantitative estimate of drug-likeness (QED) is 0.311. The number of hydrogen-bond acceptors (Lipinski definition) is 6. The van der Waals surface area contributed by atoms with Crippen molar-refractivity contribution in [1.82, 2.24) is 9.80 Å². The van der Waals surface area contributed by atoms with Crippen molar-refractivity contribution >= 4 is 29.5 Å². The summed E-state index contributed by atoms with van der Waals surface area (Å²) in [5.41, 5.74) is 0. The molecule has 1 N–H and O–H groups in total. The van der Waals surface area contributed by atoms with E-state index in [0.717, 1.165) is 6.42 Å². The molecule has 0 saturated carbocycles. The van der Waals surface area contributed by atoms with Gasteiger partial charge in [-0.05, 0) is 40.0 Å². The van der Waals surface area contributed by atoms with Gasteiger partial charge in [0.05, 0.1) is 29.8 Å². The lowest BCUT2D eigenvalue weighted by molar-refractivity contribution is -0.155. The predicted octanol–water partition coefficient (Wildman–Crippen LogP) is 2.00. The molecule has 172 valence electrons. The molecule has 31 heavy (non-hydrogen) atoms. The number of hydrogen-bond donors (Lipinski definition) is 1. The van der Waals surface area contributed by atoms with Crippen molar-refractivity contribution in [3.8, 4) is 0 Å². The Morgan fingerprint density at radius 2 is 2.06 bits per heavy atom. The number of fused-ring (bicyclic) bond motifs is 1. The zero-order chi connectivity index (χ0) is 23.0. The second-order valence-electron chi connectivity index (χ2n) is 9.10. The van der Waals surface area contributed by atoms with Crippen LogP contribution >= 0.6 is 11.8 Å². The molecule has 0 aliphatic carbocycles. The van der Waals surface area contributed by atoms with Gasteiger partial charge in [0.15, 0.2) is 0 Å². The molecule has 3 heterocycles. The van der Waals surface area contributed by atoms with Gasteiger partial charge in [-0.25, -0.2) is 0 Å². The molecular formula is C23H34N2O5S. The maximum Gasteiger partial charge on any atom is 0.311 e. The molecule has 2 amide bonds. The summed E-state index contributed by atoms with van der Waals surface area (Å²) >= 11 is 1.61. The molecule has 8 heteroatoms. The Kier molecular flexibility index (Phi) is 6.91. The number of carbonyl (C=O) groups excluding carboxylic acids is 3. The fourth-order valence-electron chi connectivity index (χ4n) is 5.60. The number of aliphatic hydroxyl groups is 1. The van der Waals surface area contributed by atoms with E-state index >= 15 is 0 Å². The number of likely N-dealkylation sites (tertiary alicyclic amines) is 1. The SMILES string of the molecule is C=CCCOC(=O)[C@H]1[C@H]2C(=O)N(CCO)C(C(=O)N(CC=C)C(C)C)C23CC[C@]1(C)S3. The number of ether oxygens (including phenoxy) is 1. The van der Waals surface area contributed by atoms with Gasteiger partial charge in [0.1, 0.15) is 6.04 Å². The van der Waals surface area contributed by atoms with Gasteiger partial charge >= 0.3 is 5.97 Å². The van der Waals surface area contributed by atoms with Crippen molar-refractivity contribution in [2.24, 2.45) is 11.8 Å². The van der Waals surface area contributed by atoms with E-state index in [1.807, 2.05) is 20.8 Å². The Labute approximate surface area is 188 Å². The van der Waals surface area contributed by atoms with Crippen LogP contribution in [0.5, 0.6) is 0 Å². The van der Waals surface area contributed by atoms with Crippen LogP contribution in [-0.2, 0) is 19.1 Å². The van der Waals surface area contributed by atoms with Crippen LogP contribution in [0.2, 0.25) is 0 Å². The lowest BCUT2D eigenvalue weighted by Crippen LogP contribution is -2.56. The fraction of sp³-hybridized carbons (Fsp3) is 0.696. The van der Waals surface area contributed by atoms with E-state index in [9.17, 15) is 19.5 Å². The molecule has 2 unspecified atom stereocenters. The topological polar surface area (TPSA) is 87.1 Å². The third-order valence-corrected chi connectivity index (χ3v) is 8.89. The first-order chi connectivity index (χ1) is 14.7. The van der Waals surface area contributed by atoms with Gasteiger partial charge in [-0.3, -0.25) is 14.4 Å². The molecule has 3 fully saturated rings. The molecule has 3 rings (SSSR count). The van der Waals surface area contributed by atoms with Crippen LogP contribution in [0, 0.1) is 11.8 Å². The summed E-state index contributed by atoms with van der Waals surface area (Å²) in [7, 11) is 0. The van der Waals surface area contributed by atoms with Crippen molar-refractivity contribution in [3.63, 3.8) is 0 Å². The van der Waals surface area contributed by atoms with Crippen LogP contribution < -0.4 is 0 Å². The van der Waals surface area contributed by atoms with Gasteiger partial charge in [-0.1, -0.05) is 12.2 Å². The summed E-state index contributed by atoms with van der Waals surface area (Å²) in [5, 5.41) is 9.65. The maximum atomic E-state index is 13.8. The number of esters is 1.